The summed E-state index contributed by atoms with van der Waals surface area (Å²) in [5, 5.41) is 17.5. The minimum absolute atomic E-state index is 0. The van der Waals surface area contributed by atoms with Crippen molar-refractivity contribution < 1.29 is 43.9 Å². The molecular weight excluding hydrogens is 259 g/mol. The van der Waals surface area contributed by atoms with Crippen molar-refractivity contribution in [1.82, 2.24) is 19.7 Å². The van der Waals surface area contributed by atoms with E-state index in [1.807, 2.05) is 24.3 Å². The number of hydrogen-bond donors (Lipinski definition) is 0. The van der Waals surface area contributed by atoms with Crippen LogP contribution in [0.3, 0.4) is 0 Å². The number of imidazole rings is 1. The number of carboxylic acid groups (broad SMARTS) is 1. The molecule has 0 radical (unpaired) electrons. The Morgan fingerprint density at radius 1 is 1.32 bits per heavy atom. The average Bonchev–Trinajstić information content (AvgIpc) is 2.98. The average molecular weight is 266 g/mol. The number of nitrogens with zero attached hydrogens (tertiary/aromatic N) is 4. The first kappa shape index (κ1) is 13.7. The molecule has 0 aliphatic rings. The van der Waals surface area contributed by atoms with E-state index in [1.165, 1.54) is 0 Å². The van der Waals surface area contributed by atoms with Crippen molar-refractivity contribution in [2.24, 2.45) is 0 Å². The zero-order valence-corrected chi connectivity index (χ0v) is 12.1. The molecule has 7 nitrogen and oxygen atoms in total. The molecule has 0 N–H and O–H groups in total. The normalized spacial score (nSPS) is 10.3. The van der Waals surface area contributed by atoms with Gasteiger partial charge in [-0.2, -0.15) is 0 Å². The van der Waals surface area contributed by atoms with Gasteiger partial charge in [0.2, 0.25) is 5.89 Å². The number of carbonyl (C=O) groups excluding carboxylic acids is 1. The van der Waals surface area contributed by atoms with Gasteiger partial charge in [0.25, 0.3) is 5.89 Å². The third-order valence-electron chi connectivity index (χ3n) is 2.47. The van der Waals surface area contributed by atoms with E-state index >= 15 is 0 Å². The molecule has 90 valence electrons. The molecule has 0 fully saturated rings. The van der Waals surface area contributed by atoms with Crippen molar-refractivity contribution in [3.63, 3.8) is 0 Å². The summed E-state index contributed by atoms with van der Waals surface area (Å²) < 4.78 is 6.73. The van der Waals surface area contributed by atoms with Gasteiger partial charge >= 0.3 is 29.6 Å². The van der Waals surface area contributed by atoms with Crippen molar-refractivity contribution in [2.45, 2.75) is 6.54 Å². The zero-order valence-electron chi connectivity index (χ0n) is 10.1. The maximum atomic E-state index is 10.5. The molecule has 0 unspecified atom stereocenters. The number of carboxylic acids is 1. The Bertz CT molecular complexity index is 721. The molecule has 0 saturated heterocycles. The Morgan fingerprint density at radius 3 is 2.84 bits per heavy atom. The number of fused-ring (bicyclic) bond motifs is 1. The maximum absolute atomic E-state index is 10.5. The van der Waals surface area contributed by atoms with Crippen molar-refractivity contribution in [2.75, 3.05) is 0 Å². The summed E-state index contributed by atoms with van der Waals surface area (Å²) in [7, 11) is 0. The SMILES string of the molecule is O=C([O-])c1nnc(Cn2cnc3ccccc32)o1.[Na+]. The largest absolute Gasteiger partial charge is 1.00 e. The number of benzene rings is 1. The molecular formula is C11H7N4NaO3. The number of aromatic carboxylic acids is 1. The Kier molecular flexibility index (Phi) is 3.98. The van der Waals surface area contributed by atoms with Crippen molar-refractivity contribution in [3.8, 4) is 0 Å². The molecule has 1 aromatic carbocycles. The summed E-state index contributed by atoms with van der Waals surface area (Å²) in [5.74, 6) is -1.81. The van der Waals surface area contributed by atoms with Gasteiger partial charge in [0.15, 0.2) is 0 Å². The Hall–Kier alpha value is -1.70. The standard InChI is InChI=1S/C11H8N4O3.Na/c16-11(17)10-14-13-9(18-10)5-15-6-12-7-3-1-2-4-8(7)15;/h1-4,6H,5H2,(H,16,17);/q;+1/p-1. The Balaban J connectivity index is 0.00000133. The van der Waals surface area contributed by atoms with Gasteiger partial charge in [0.1, 0.15) is 12.5 Å². The number of aromatic nitrogens is 4. The van der Waals surface area contributed by atoms with Crippen LogP contribution in [0.15, 0.2) is 35.0 Å². The van der Waals surface area contributed by atoms with Crippen LogP contribution in [-0.2, 0) is 6.54 Å². The van der Waals surface area contributed by atoms with Crippen LogP contribution in [0.1, 0.15) is 16.6 Å². The molecule has 0 amide bonds. The molecule has 0 saturated carbocycles. The fourth-order valence-electron chi connectivity index (χ4n) is 1.68. The predicted octanol–water partition coefficient (Wildman–Crippen LogP) is -3.16. The second kappa shape index (κ2) is 5.52. The first-order chi connectivity index (χ1) is 8.74. The minimum Gasteiger partial charge on any atom is -0.540 e. The molecule has 0 spiro atoms. The van der Waals surface area contributed by atoms with E-state index in [0.717, 1.165) is 11.0 Å². The number of rotatable bonds is 3. The minimum atomic E-state index is -1.48. The molecule has 8 heteroatoms. The van der Waals surface area contributed by atoms with Gasteiger partial charge in [0, 0.05) is 0 Å². The van der Waals surface area contributed by atoms with Crippen LogP contribution in [0.5, 0.6) is 0 Å². The van der Waals surface area contributed by atoms with Crippen LogP contribution in [0.4, 0.5) is 0 Å². The van der Waals surface area contributed by atoms with E-state index in [0.29, 0.717) is 0 Å². The molecule has 3 aromatic rings. The summed E-state index contributed by atoms with van der Waals surface area (Å²) in [4.78, 5) is 14.7. The summed E-state index contributed by atoms with van der Waals surface area (Å²) >= 11 is 0. The number of carbonyl (C=O) groups is 1. The summed E-state index contributed by atoms with van der Waals surface area (Å²) in [6, 6.07) is 7.56. The van der Waals surface area contributed by atoms with E-state index < -0.39 is 11.9 Å². The van der Waals surface area contributed by atoms with Gasteiger partial charge in [-0.15, -0.1) is 10.2 Å². The first-order valence-electron chi connectivity index (χ1n) is 5.17. The molecule has 0 aliphatic carbocycles. The maximum Gasteiger partial charge on any atom is 1.00 e. The molecule has 0 atom stereocenters. The summed E-state index contributed by atoms with van der Waals surface area (Å²) in [5.41, 5.74) is 1.75. The Morgan fingerprint density at radius 2 is 2.11 bits per heavy atom. The summed E-state index contributed by atoms with van der Waals surface area (Å²) in [6.45, 7) is 0.265. The first-order valence-corrected chi connectivity index (χ1v) is 5.17. The van der Waals surface area contributed by atoms with Gasteiger partial charge < -0.3 is 18.9 Å². The molecule has 2 aromatic heterocycles. The van der Waals surface area contributed by atoms with Crippen molar-refractivity contribution >= 4 is 17.0 Å². The van der Waals surface area contributed by atoms with E-state index in [2.05, 4.69) is 15.2 Å². The molecule has 19 heavy (non-hydrogen) atoms. The van der Waals surface area contributed by atoms with Crippen molar-refractivity contribution in [1.29, 1.82) is 0 Å². The Labute approximate surface area is 129 Å². The molecule has 3 rings (SSSR count). The van der Waals surface area contributed by atoms with Gasteiger partial charge in [-0.05, 0) is 12.1 Å². The number of para-hydroxylation sites is 2. The molecule has 2 heterocycles. The van der Waals surface area contributed by atoms with Crippen LogP contribution in [0.25, 0.3) is 11.0 Å². The third-order valence-corrected chi connectivity index (χ3v) is 2.47. The number of hydrogen-bond acceptors (Lipinski definition) is 6. The van der Waals surface area contributed by atoms with Gasteiger partial charge in [0.05, 0.1) is 17.4 Å². The van der Waals surface area contributed by atoms with Crippen LogP contribution in [0.2, 0.25) is 0 Å². The topological polar surface area (TPSA) is 96.9 Å². The molecule has 0 aliphatic heterocycles. The second-order valence-electron chi connectivity index (χ2n) is 3.65. The second-order valence-corrected chi connectivity index (χ2v) is 3.65. The van der Waals surface area contributed by atoms with E-state index in [1.54, 1.807) is 10.9 Å². The fourth-order valence-corrected chi connectivity index (χ4v) is 1.68. The van der Waals surface area contributed by atoms with Crippen LogP contribution in [0, 0.1) is 0 Å². The molecule has 0 bridgehead atoms. The quantitative estimate of drug-likeness (QED) is 0.464. The summed E-state index contributed by atoms with van der Waals surface area (Å²) in [6.07, 6.45) is 1.63. The van der Waals surface area contributed by atoms with Gasteiger partial charge in [-0.1, -0.05) is 12.1 Å². The van der Waals surface area contributed by atoms with Crippen molar-refractivity contribution in [3.05, 3.63) is 42.4 Å². The van der Waals surface area contributed by atoms with E-state index in [-0.39, 0.29) is 42.0 Å². The van der Waals surface area contributed by atoms with Crippen LogP contribution < -0.4 is 34.7 Å². The fraction of sp³-hybridized carbons (Fsp3) is 0.0909. The monoisotopic (exact) mass is 266 g/mol. The van der Waals surface area contributed by atoms with E-state index in [9.17, 15) is 9.90 Å². The predicted molar refractivity (Wildman–Crippen MR) is 57.5 cm³/mol. The van der Waals surface area contributed by atoms with Gasteiger partial charge in [-0.3, -0.25) is 0 Å². The van der Waals surface area contributed by atoms with E-state index in [4.69, 9.17) is 4.42 Å². The third kappa shape index (κ3) is 2.67. The smallest absolute Gasteiger partial charge is 0.540 e. The van der Waals surface area contributed by atoms with Crippen LogP contribution >= 0.6 is 0 Å². The van der Waals surface area contributed by atoms with Crippen LogP contribution in [-0.4, -0.2) is 25.7 Å². The zero-order chi connectivity index (χ0) is 12.5. The van der Waals surface area contributed by atoms with Gasteiger partial charge in [-0.25, -0.2) is 4.98 Å².